The van der Waals surface area contributed by atoms with Gasteiger partial charge in [-0.25, -0.2) is 0 Å². The molecule has 5 heteroatoms. The van der Waals surface area contributed by atoms with E-state index in [9.17, 15) is 24.6 Å². The van der Waals surface area contributed by atoms with Gasteiger partial charge >= 0.3 is 0 Å². The fraction of sp³-hybridized carbons (Fsp3) is 0.682. The normalized spacial score (nSPS) is 48.6. The van der Waals surface area contributed by atoms with E-state index in [-0.39, 0.29) is 41.7 Å². The number of aliphatic hydroxyl groups excluding tert-OH is 1. The highest BCUT2D eigenvalue weighted by molar-refractivity contribution is 6.02. The van der Waals surface area contributed by atoms with Crippen molar-refractivity contribution in [2.24, 2.45) is 34.5 Å². The first-order valence-corrected chi connectivity index (χ1v) is 9.93. The highest BCUT2D eigenvalue weighted by Crippen LogP contribution is 2.67. The number of hydrogen-bond acceptors (Lipinski definition) is 5. The molecular weight excluding hydrogens is 344 g/mol. The number of allylic oxidation sites excluding steroid dienone is 4. The molecule has 4 rings (SSSR count). The molecule has 146 valence electrons. The van der Waals surface area contributed by atoms with Gasteiger partial charge in [-0.05, 0) is 49.2 Å². The van der Waals surface area contributed by atoms with E-state index < -0.39 is 28.8 Å². The van der Waals surface area contributed by atoms with Gasteiger partial charge in [0, 0.05) is 23.2 Å². The molecule has 4 aliphatic carbocycles. The largest absolute Gasteiger partial charge is 0.388 e. The second-order valence-corrected chi connectivity index (χ2v) is 9.52. The molecule has 0 aromatic carbocycles. The van der Waals surface area contributed by atoms with Crippen molar-refractivity contribution in [1.29, 1.82) is 0 Å². The van der Waals surface area contributed by atoms with Crippen molar-refractivity contribution < 1.29 is 24.6 Å². The van der Waals surface area contributed by atoms with Crippen molar-refractivity contribution in [3.05, 3.63) is 23.8 Å². The van der Waals surface area contributed by atoms with Gasteiger partial charge in [-0.3, -0.25) is 14.4 Å². The van der Waals surface area contributed by atoms with Gasteiger partial charge in [0.05, 0.1) is 0 Å². The monoisotopic (exact) mass is 372 g/mol. The summed E-state index contributed by atoms with van der Waals surface area (Å²) in [4.78, 5) is 37.8. The first-order valence-electron chi connectivity index (χ1n) is 9.93. The Labute approximate surface area is 159 Å². The molecule has 0 spiro atoms. The van der Waals surface area contributed by atoms with Gasteiger partial charge < -0.3 is 10.2 Å². The van der Waals surface area contributed by atoms with Gasteiger partial charge in [0.2, 0.25) is 0 Å². The lowest BCUT2D eigenvalue weighted by Gasteiger charge is -2.56. The molecule has 0 radical (unpaired) electrons. The quantitative estimate of drug-likeness (QED) is 0.774. The van der Waals surface area contributed by atoms with E-state index in [1.54, 1.807) is 12.2 Å². The lowest BCUT2D eigenvalue weighted by molar-refractivity contribution is -0.173. The van der Waals surface area contributed by atoms with Crippen molar-refractivity contribution in [3.8, 4) is 0 Å². The van der Waals surface area contributed by atoms with Crippen molar-refractivity contribution >= 4 is 17.3 Å². The third kappa shape index (κ3) is 2.16. The molecule has 0 saturated heterocycles. The Morgan fingerprint density at radius 1 is 1.30 bits per heavy atom. The van der Waals surface area contributed by atoms with Crippen LogP contribution in [0.2, 0.25) is 0 Å². The Kier molecular flexibility index (Phi) is 3.97. The molecule has 2 N–H and O–H groups in total. The van der Waals surface area contributed by atoms with E-state index in [0.717, 1.165) is 18.4 Å². The third-order valence-electron chi connectivity index (χ3n) is 8.41. The lowest BCUT2D eigenvalue weighted by Crippen LogP contribution is -2.61. The van der Waals surface area contributed by atoms with E-state index in [4.69, 9.17) is 0 Å². The maximum absolute atomic E-state index is 13.4. The minimum atomic E-state index is -1.66. The standard InChI is InChI=1S/C22H28O5/c1-12-8-16-15-5-4-13-9-14(24)6-7-20(13,2)19(15)17(25)10-21(16,3)22(12,27)18(26)11-23/h6-7,9,12,15-16,19,23,27H,4-5,8,10-11H2,1-3H3/t12?,15?,16?,19?,20-,21-,22-/m0/s1. The molecular formula is C22H28O5. The molecule has 0 heterocycles. The highest BCUT2D eigenvalue weighted by atomic mass is 16.3. The van der Waals surface area contributed by atoms with Crippen LogP contribution in [-0.4, -0.2) is 39.8 Å². The number of aliphatic hydroxyl groups is 2. The van der Waals surface area contributed by atoms with Crippen molar-refractivity contribution in [2.45, 2.75) is 52.1 Å². The van der Waals surface area contributed by atoms with Crippen LogP contribution in [0.5, 0.6) is 0 Å². The summed E-state index contributed by atoms with van der Waals surface area (Å²) in [6, 6.07) is 0. The molecule has 5 nitrogen and oxygen atoms in total. The molecule has 0 bridgehead atoms. The molecule has 0 amide bonds. The van der Waals surface area contributed by atoms with E-state index in [0.29, 0.717) is 6.42 Å². The summed E-state index contributed by atoms with van der Waals surface area (Å²) in [6.45, 7) is 5.05. The number of carbonyl (C=O) groups is 3. The average molecular weight is 372 g/mol. The van der Waals surface area contributed by atoms with Crippen molar-refractivity contribution in [1.82, 2.24) is 0 Å². The van der Waals surface area contributed by atoms with Crippen LogP contribution < -0.4 is 0 Å². The minimum absolute atomic E-state index is 0.0218. The maximum Gasteiger partial charge on any atom is 0.190 e. The topological polar surface area (TPSA) is 91.7 Å². The van der Waals surface area contributed by atoms with Crippen LogP contribution in [0.15, 0.2) is 23.8 Å². The number of fused-ring (bicyclic) bond motifs is 5. The number of rotatable bonds is 2. The fourth-order valence-electron chi connectivity index (χ4n) is 7.08. The Bertz CT molecular complexity index is 795. The highest BCUT2D eigenvalue weighted by Gasteiger charge is 2.70. The van der Waals surface area contributed by atoms with Crippen LogP contribution in [0.1, 0.15) is 46.5 Å². The van der Waals surface area contributed by atoms with Gasteiger partial charge in [0.25, 0.3) is 0 Å². The van der Waals surface area contributed by atoms with Gasteiger partial charge in [0.15, 0.2) is 11.6 Å². The molecule has 0 aliphatic heterocycles. The van der Waals surface area contributed by atoms with Crippen LogP contribution in [0.3, 0.4) is 0 Å². The maximum atomic E-state index is 13.4. The minimum Gasteiger partial charge on any atom is -0.388 e. The summed E-state index contributed by atoms with van der Waals surface area (Å²) < 4.78 is 0. The summed E-state index contributed by atoms with van der Waals surface area (Å²) in [7, 11) is 0. The molecule has 27 heavy (non-hydrogen) atoms. The second kappa shape index (κ2) is 5.71. The van der Waals surface area contributed by atoms with Crippen LogP contribution in [0.25, 0.3) is 0 Å². The molecule has 7 atom stereocenters. The van der Waals surface area contributed by atoms with Crippen LogP contribution in [0.4, 0.5) is 0 Å². The number of carbonyl (C=O) groups excluding carboxylic acids is 3. The molecule has 4 unspecified atom stereocenters. The Morgan fingerprint density at radius 3 is 2.67 bits per heavy atom. The van der Waals surface area contributed by atoms with E-state index in [2.05, 4.69) is 0 Å². The first kappa shape index (κ1) is 18.8. The van der Waals surface area contributed by atoms with Gasteiger partial charge in [-0.2, -0.15) is 0 Å². The van der Waals surface area contributed by atoms with Gasteiger partial charge in [-0.1, -0.05) is 32.4 Å². The third-order valence-corrected chi connectivity index (χ3v) is 8.41. The second-order valence-electron chi connectivity index (χ2n) is 9.52. The van der Waals surface area contributed by atoms with E-state index in [1.165, 1.54) is 0 Å². The summed E-state index contributed by atoms with van der Waals surface area (Å²) in [5.41, 5.74) is -1.94. The van der Waals surface area contributed by atoms with Crippen LogP contribution in [-0.2, 0) is 14.4 Å². The average Bonchev–Trinajstić information content (AvgIpc) is 2.82. The van der Waals surface area contributed by atoms with E-state index in [1.807, 2.05) is 26.8 Å². The van der Waals surface area contributed by atoms with Crippen LogP contribution >= 0.6 is 0 Å². The number of ketones is 3. The molecule has 3 saturated carbocycles. The van der Waals surface area contributed by atoms with Gasteiger partial charge in [0.1, 0.15) is 18.0 Å². The smallest absolute Gasteiger partial charge is 0.190 e. The summed E-state index contributed by atoms with van der Waals surface area (Å²) in [5, 5.41) is 20.8. The summed E-state index contributed by atoms with van der Waals surface area (Å²) >= 11 is 0. The number of Topliss-reactive ketones (excluding diaryl/α,β-unsaturated/α-hetero) is 2. The number of hydrogen-bond donors (Lipinski definition) is 2. The fourth-order valence-corrected chi connectivity index (χ4v) is 7.08. The Morgan fingerprint density at radius 2 is 2.00 bits per heavy atom. The molecule has 0 aromatic rings. The van der Waals surface area contributed by atoms with E-state index >= 15 is 0 Å². The SMILES string of the molecule is CC1CC2C3CCC4=CC(=O)C=C[C@]4(C)C3C(=O)C[C@]2(C)[C@@]1(O)C(=O)CO. The molecule has 4 aliphatic rings. The summed E-state index contributed by atoms with van der Waals surface area (Å²) in [5.74, 6) is -0.947. The molecule has 0 aromatic heterocycles. The predicted molar refractivity (Wildman–Crippen MR) is 98.6 cm³/mol. The Hall–Kier alpha value is -1.59. The first-order chi connectivity index (χ1) is 12.6. The van der Waals surface area contributed by atoms with Gasteiger partial charge in [-0.15, -0.1) is 0 Å². The molecule has 3 fully saturated rings. The summed E-state index contributed by atoms with van der Waals surface area (Å²) in [6.07, 6.45) is 7.49. The Balaban J connectivity index is 1.79. The predicted octanol–water partition coefficient (Wildman–Crippen LogP) is 2.01. The van der Waals surface area contributed by atoms with Crippen molar-refractivity contribution in [3.63, 3.8) is 0 Å². The van der Waals surface area contributed by atoms with Crippen molar-refractivity contribution in [2.75, 3.05) is 6.61 Å². The van der Waals surface area contributed by atoms with Crippen LogP contribution in [0, 0.1) is 34.5 Å². The zero-order valence-corrected chi connectivity index (χ0v) is 16.2. The zero-order chi connectivity index (χ0) is 19.8. The zero-order valence-electron chi connectivity index (χ0n) is 16.2. The lowest BCUT2D eigenvalue weighted by atomic mass is 9.46.